The summed E-state index contributed by atoms with van der Waals surface area (Å²) >= 11 is 3.47. The van der Waals surface area contributed by atoms with Crippen LogP contribution in [0.5, 0.6) is 0 Å². The van der Waals surface area contributed by atoms with E-state index in [1.807, 2.05) is 24.3 Å². The standard InChI is InChI=1S/C10H10BrN3O/c1-7-13-10(15-14-7)12-6-8-4-2-3-5-9(8)11/h2-5H,6H2,1H3,(H,12,13,14). The Hall–Kier alpha value is -1.36. The first kappa shape index (κ1) is 10.2. The molecule has 0 bridgehead atoms. The number of nitrogens with one attached hydrogen (secondary N) is 1. The van der Waals surface area contributed by atoms with Crippen molar-refractivity contribution in [1.29, 1.82) is 0 Å². The third kappa shape index (κ3) is 2.56. The van der Waals surface area contributed by atoms with Gasteiger partial charge in [-0.05, 0) is 18.6 Å². The van der Waals surface area contributed by atoms with E-state index >= 15 is 0 Å². The average molecular weight is 268 g/mol. The van der Waals surface area contributed by atoms with Gasteiger partial charge in [0.05, 0.1) is 0 Å². The molecule has 0 unspecified atom stereocenters. The summed E-state index contributed by atoms with van der Waals surface area (Å²) in [6, 6.07) is 8.44. The lowest BCUT2D eigenvalue weighted by molar-refractivity contribution is 0.425. The Labute approximate surface area is 95.8 Å². The summed E-state index contributed by atoms with van der Waals surface area (Å²) in [5, 5.41) is 6.74. The molecule has 78 valence electrons. The maximum Gasteiger partial charge on any atom is 0.321 e. The highest BCUT2D eigenvalue weighted by atomic mass is 79.9. The lowest BCUT2D eigenvalue weighted by Crippen LogP contribution is -2.00. The number of nitrogens with zero attached hydrogens (tertiary/aromatic N) is 2. The molecule has 2 rings (SSSR count). The van der Waals surface area contributed by atoms with E-state index in [-0.39, 0.29) is 0 Å². The van der Waals surface area contributed by atoms with Crippen LogP contribution in [0.2, 0.25) is 0 Å². The summed E-state index contributed by atoms with van der Waals surface area (Å²) in [7, 11) is 0. The molecular formula is C10H10BrN3O. The highest BCUT2D eigenvalue weighted by Crippen LogP contribution is 2.16. The quantitative estimate of drug-likeness (QED) is 0.929. The maximum absolute atomic E-state index is 4.94. The van der Waals surface area contributed by atoms with Crippen molar-refractivity contribution in [1.82, 2.24) is 10.1 Å². The summed E-state index contributed by atoms with van der Waals surface area (Å²) < 4.78 is 6.00. The average Bonchev–Trinajstić information content (AvgIpc) is 2.63. The Kier molecular flexibility index (Phi) is 3.01. The first-order chi connectivity index (χ1) is 7.25. The maximum atomic E-state index is 4.94. The molecule has 0 aliphatic heterocycles. The minimum absolute atomic E-state index is 0.447. The van der Waals surface area contributed by atoms with E-state index in [9.17, 15) is 0 Å². The molecule has 1 aromatic heterocycles. The van der Waals surface area contributed by atoms with Crippen molar-refractivity contribution in [3.05, 3.63) is 40.1 Å². The number of anilines is 1. The van der Waals surface area contributed by atoms with E-state index in [1.54, 1.807) is 6.92 Å². The number of rotatable bonds is 3. The van der Waals surface area contributed by atoms with Crippen LogP contribution in [0.25, 0.3) is 0 Å². The number of hydrogen-bond acceptors (Lipinski definition) is 4. The van der Waals surface area contributed by atoms with Crippen molar-refractivity contribution in [3.8, 4) is 0 Å². The molecule has 0 amide bonds. The van der Waals surface area contributed by atoms with Gasteiger partial charge >= 0.3 is 6.01 Å². The highest BCUT2D eigenvalue weighted by Gasteiger charge is 2.02. The molecule has 0 aliphatic rings. The molecule has 15 heavy (non-hydrogen) atoms. The molecule has 0 spiro atoms. The molecule has 2 aromatic rings. The number of aryl methyl sites for hydroxylation is 1. The fourth-order valence-corrected chi connectivity index (χ4v) is 1.61. The molecule has 0 aliphatic carbocycles. The van der Waals surface area contributed by atoms with E-state index in [0.717, 1.165) is 10.0 Å². The zero-order valence-electron chi connectivity index (χ0n) is 8.20. The monoisotopic (exact) mass is 267 g/mol. The van der Waals surface area contributed by atoms with Crippen molar-refractivity contribution in [2.45, 2.75) is 13.5 Å². The molecular weight excluding hydrogens is 258 g/mol. The molecule has 1 aromatic carbocycles. The largest absolute Gasteiger partial charge is 0.334 e. The van der Waals surface area contributed by atoms with Gasteiger partial charge in [0.2, 0.25) is 0 Å². The van der Waals surface area contributed by atoms with E-state index in [2.05, 4.69) is 31.4 Å². The molecule has 0 radical (unpaired) electrons. The summed E-state index contributed by atoms with van der Waals surface area (Å²) in [6.07, 6.45) is 0. The fourth-order valence-electron chi connectivity index (χ4n) is 1.18. The van der Waals surface area contributed by atoms with Crippen LogP contribution in [0.15, 0.2) is 33.3 Å². The summed E-state index contributed by atoms with van der Waals surface area (Å²) in [4.78, 5) is 4.05. The number of aromatic nitrogens is 2. The second kappa shape index (κ2) is 4.44. The predicted molar refractivity (Wildman–Crippen MR) is 60.5 cm³/mol. The smallest absolute Gasteiger partial charge is 0.321 e. The van der Waals surface area contributed by atoms with Crippen molar-refractivity contribution in [2.75, 3.05) is 5.32 Å². The lowest BCUT2D eigenvalue weighted by atomic mass is 10.2. The summed E-state index contributed by atoms with van der Waals surface area (Å²) in [5.74, 6) is 0.629. The molecule has 1 N–H and O–H groups in total. The minimum atomic E-state index is 0.447. The zero-order valence-corrected chi connectivity index (χ0v) is 9.78. The van der Waals surface area contributed by atoms with Gasteiger partial charge in [0.25, 0.3) is 0 Å². The second-order valence-corrected chi connectivity index (χ2v) is 3.95. The Morgan fingerprint density at radius 1 is 1.40 bits per heavy atom. The number of hydrogen-bond donors (Lipinski definition) is 1. The minimum Gasteiger partial charge on any atom is -0.334 e. The van der Waals surface area contributed by atoms with Crippen LogP contribution in [-0.2, 0) is 6.54 Å². The van der Waals surface area contributed by atoms with Gasteiger partial charge in [0.1, 0.15) is 0 Å². The van der Waals surface area contributed by atoms with Crippen LogP contribution in [0.3, 0.4) is 0 Å². The van der Waals surface area contributed by atoms with Crippen LogP contribution in [-0.4, -0.2) is 10.1 Å². The van der Waals surface area contributed by atoms with E-state index in [4.69, 9.17) is 4.52 Å². The predicted octanol–water partition coefficient (Wildman–Crippen LogP) is 2.75. The zero-order chi connectivity index (χ0) is 10.7. The first-order valence-corrected chi connectivity index (χ1v) is 5.32. The van der Waals surface area contributed by atoms with Crippen molar-refractivity contribution in [2.24, 2.45) is 0 Å². The Morgan fingerprint density at radius 2 is 2.20 bits per heavy atom. The van der Waals surface area contributed by atoms with Gasteiger partial charge in [-0.15, -0.1) is 0 Å². The topological polar surface area (TPSA) is 51.0 Å². The third-order valence-corrected chi connectivity index (χ3v) is 2.69. The second-order valence-electron chi connectivity index (χ2n) is 3.09. The van der Waals surface area contributed by atoms with Gasteiger partial charge in [-0.2, -0.15) is 4.98 Å². The van der Waals surface area contributed by atoms with Crippen molar-refractivity contribution < 1.29 is 4.52 Å². The fraction of sp³-hybridized carbons (Fsp3) is 0.200. The molecule has 0 fully saturated rings. The Balaban J connectivity index is 2.02. The molecule has 4 nitrogen and oxygen atoms in total. The van der Waals surface area contributed by atoms with Gasteiger partial charge in [0, 0.05) is 11.0 Å². The lowest BCUT2D eigenvalue weighted by Gasteiger charge is -2.03. The summed E-state index contributed by atoms with van der Waals surface area (Å²) in [5.41, 5.74) is 1.15. The number of benzene rings is 1. The summed E-state index contributed by atoms with van der Waals surface area (Å²) in [6.45, 7) is 2.44. The third-order valence-electron chi connectivity index (χ3n) is 1.92. The van der Waals surface area contributed by atoms with Crippen molar-refractivity contribution in [3.63, 3.8) is 0 Å². The van der Waals surface area contributed by atoms with Gasteiger partial charge in [-0.25, -0.2) is 0 Å². The highest BCUT2D eigenvalue weighted by molar-refractivity contribution is 9.10. The normalized spacial score (nSPS) is 10.3. The van der Waals surface area contributed by atoms with Crippen LogP contribution >= 0.6 is 15.9 Å². The molecule has 0 saturated heterocycles. The van der Waals surface area contributed by atoms with E-state index in [0.29, 0.717) is 18.4 Å². The SMILES string of the molecule is Cc1noc(NCc2ccccc2Br)n1. The van der Waals surface area contributed by atoms with E-state index in [1.165, 1.54) is 0 Å². The van der Waals surface area contributed by atoms with E-state index < -0.39 is 0 Å². The molecule has 1 heterocycles. The number of halogens is 1. The first-order valence-electron chi connectivity index (χ1n) is 4.53. The van der Waals surface area contributed by atoms with Gasteiger partial charge in [-0.1, -0.05) is 39.3 Å². The van der Waals surface area contributed by atoms with Crippen LogP contribution in [0.4, 0.5) is 6.01 Å². The van der Waals surface area contributed by atoms with Gasteiger partial charge in [0.15, 0.2) is 5.82 Å². The van der Waals surface area contributed by atoms with Crippen molar-refractivity contribution >= 4 is 21.9 Å². The Morgan fingerprint density at radius 3 is 2.87 bits per heavy atom. The molecule has 0 atom stereocenters. The van der Waals surface area contributed by atoms with Gasteiger partial charge in [-0.3, -0.25) is 0 Å². The van der Waals surface area contributed by atoms with Crippen LogP contribution < -0.4 is 5.32 Å². The van der Waals surface area contributed by atoms with Crippen LogP contribution in [0.1, 0.15) is 11.4 Å². The molecule has 0 saturated carbocycles. The Bertz CT molecular complexity index is 455. The van der Waals surface area contributed by atoms with Gasteiger partial charge < -0.3 is 9.84 Å². The van der Waals surface area contributed by atoms with Crippen LogP contribution in [0, 0.1) is 6.92 Å². The molecule has 5 heteroatoms.